The van der Waals surface area contributed by atoms with E-state index >= 15 is 0 Å². The molecular formula is C18H22N2O3S. The number of ether oxygens (including phenoxy) is 1. The van der Waals surface area contributed by atoms with E-state index in [1.165, 1.54) is 10.5 Å². The van der Waals surface area contributed by atoms with Gasteiger partial charge in [-0.25, -0.2) is 0 Å². The van der Waals surface area contributed by atoms with Crippen LogP contribution in [0.4, 0.5) is 4.79 Å². The molecule has 0 unspecified atom stereocenters. The molecule has 5 nitrogen and oxygen atoms in total. The monoisotopic (exact) mass is 346 g/mol. The second kappa shape index (κ2) is 7.51. The molecule has 0 bridgehead atoms. The second-order valence-corrected chi connectivity index (χ2v) is 7.30. The van der Waals surface area contributed by atoms with Crippen molar-refractivity contribution in [3.05, 3.63) is 40.3 Å². The Hall–Kier alpha value is -1.63. The molecule has 2 heterocycles. The average Bonchev–Trinajstić information content (AvgIpc) is 2.84. The molecule has 0 aromatic heterocycles. The number of rotatable bonds is 4. The summed E-state index contributed by atoms with van der Waals surface area (Å²) in [6, 6.07) is 8.11. The zero-order valence-corrected chi connectivity index (χ0v) is 14.8. The number of carbonyl (C=O) groups excluding carboxylic acids is 2. The molecule has 2 amide bonds. The first-order valence-corrected chi connectivity index (χ1v) is 9.01. The first-order chi connectivity index (χ1) is 11.5. The summed E-state index contributed by atoms with van der Waals surface area (Å²) >= 11 is 1.02. The van der Waals surface area contributed by atoms with E-state index in [1.807, 2.05) is 12.1 Å². The van der Waals surface area contributed by atoms with Gasteiger partial charge in [-0.1, -0.05) is 38.1 Å². The first kappa shape index (κ1) is 17.2. The van der Waals surface area contributed by atoms with Gasteiger partial charge in [-0.15, -0.1) is 0 Å². The summed E-state index contributed by atoms with van der Waals surface area (Å²) in [6.45, 7) is 7.42. The minimum absolute atomic E-state index is 0.198. The number of thioether (sulfide) groups is 1. The van der Waals surface area contributed by atoms with E-state index in [2.05, 4.69) is 30.9 Å². The van der Waals surface area contributed by atoms with E-state index in [1.54, 1.807) is 6.08 Å². The molecule has 24 heavy (non-hydrogen) atoms. The van der Waals surface area contributed by atoms with E-state index in [9.17, 15) is 9.59 Å². The highest BCUT2D eigenvalue weighted by Crippen LogP contribution is 2.32. The highest BCUT2D eigenvalue weighted by atomic mass is 32.2. The van der Waals surface area contributed by atoms with E-state index in [4.69, 9.17) is 4.74 Å². The Kier molecular flexibility index (Phi) is 5.38. The van der Waals surface area contributed by atoms with Crippen molar-refractivity contribution in [3.63, 3.8) is 0 Å². The molecule has 0 saturated carbocycles. The fraction of sp³-hybridized carbons (Fsp3) is 0.444. The minimum Gasteiger partial charge on any atom is -0.379 e. The number of nitrogens with zero attached hydrogens (tertiary/aromatic N) is 2. The summed E-state index contributed by atoms with van der Waals surface area (Å²) in [5.41, 5.74) is 2.20. The van der Waals surface area contributed by atoms with Crippen LogP contribution in [0.3, 0.4) is 0 Å². The van der Waals surface area contributed by atoms with Crippen molar-refractivity contribution in [1.82, 2.24) is 9.80 Å². The molecule has 2 aliphatic rings. The third-order valence-electron chi connectivity index (χ3n) is 4.22. The van der Waals surface area contributed by atoms with Gasteiger partial charge < -0.3 is 4.74 Å². The van der Waals surface area contributed by atoms with Crippen molar-refractivity contribution < 1.29 is 14.3 Å². The molecular weight excluding hydrogens is 324 g/mol. The molecule has 2 fully saturated rings. The lowest BCUT2D eigenvalue weighted by molar-refractivity contribution is -0.125. The summed E-state index contributed by atoms with van der Waals surface area (Å²) < 4.78 is 5.30. The summed E-state index contributed by atoms with van der Waals surface area (Å²) in [4.78, 5) is 28.6. The van der Waals surface area contributed by atoms with E-state index in [0.29, 0.717) is 30.7 Å². The summed E-state index contributed by atoms with van der Waals surface area (Å²) in [7, 11) is 0. The van der Waals surface area contributed by atoms with E-state index in [0.717, 1.165) is 30.4 Å². The van der Waals surface area contributed by atoms with Gasteiger partial charge in [0.2, 0.25) is 0 Å². The predicted molar refractivity (Wildman–Crippen MR) is 95.6 cm³/mol. The van der Waals surface area contributed by atoms with Gasteiger partial charge in [0.15, 0.2) is 0 Å². The van der Waals surface area contributed by atoms with Crippen molar-refractivity contribution in [1.29, 1.82) is 0 Å². The van der Waals surface area contributed by atoms with Gasteiger partial charge >= 0.3 is 0 Å². The quantitative estimate of drug-likeness (QED) is 0.784. The Morgan fingerprint density at radius 2 is 1.83 bits per heavy atom. The third kappa shape index (κ3) is 3.88. The summed E-state index contributed by atoms with van der Waals surface area (Å²) in [5.74, 6) is 0.268. The third-order valence-corrected chi connectivity index (χ3v) is 5.13. The number of imide groups is 1. The van der Waals surface area contributed by atoms with Crippen LogP contribution in [0.1, 0.15) is 30.9 Å². The molecule has 0 radical (unpaired) electrons. The van der Waals surface area contributed by atoms with Crippen molar-refractivity contribution in [2.24, 2.45) is 0 Å². The zero-order chi connectivity index (χ0) is 17.1. The van der Waals surface area contributed by atoms with Crippen LogP contribution in [0, 0.1) is 0 Å². The highest BCUT2D eigenvalue weighted by molar-refractivity contribution is 8.18. The van der Waals surface area contributed by atoms with Crippen LogP contribution >= 0.6 is 11.8 Å². The first-order valence-electron chi connectivity index (χ1n) is 8.20. The van der Waals surface area contributed by atoms with Crippen LogP contribution in [-0.4, -0.2) is 53.9 Å². The van der Waals surface area contributed by atoms with Crippen LogP contribution in [0.25, 0.3) is 6.08 Å². The molecule has 2 aliphatic heterocycles. The smallest absolute Gasteiger partial charge is 0.294 e. The lowest BCUT2D eigenvalue weighted by Crippen LogP contribution is -2.45. The number of hydrogen-bond donors (Lipinski definition) is 0. The standard InChI is InChI=1S/C18H22N2O3S/c1-13(2)15-5-3-14(4-6-15)11-16-17(21)20(18(22)24-16)12-19-7-9-23-10-8-19/h3-6,11,13H,7-10,12H2,1-2H3/b16-11-. The Morgan fingerprint density at radius 3 is 2.46 bits per heavy atom. The molecule has 1 aromatic rings. The van der Waals surface area contributed by atoms with Crippen LogP contribution in [-0.2, 0) is 9.53 Å². The van der Waals surface area contributed by atoms with Gasteiger partial charge in [-0.3, -0.25) is 19.4 Å². The lowest BCUT2D eigenvalue weighted by Gasteiger charge is -2.29. The topological polar surface area (TPSA) is 49.9 Å². The van der Waals surface area contributed by atoms with E-state index < -0.39 is 0 Å². The van der Waals surface area contributed by atoms with Crippen molar-refractivity contribution in [2.45, 2.75) is 19.8 Å². The van der Waals surface area contributed by atoms with Gasteiger partial charge in [-0.05, 0) is 34.9 Å². The maximum atomic E-state index is 12.5. The Morgan fingerprint density at radius 1 is 1.17 bits per heavy atom. The number of amides is 2. The number of carbonyl (C=O) groups is 2. The van der Waals surface area contributed by atoms with Crippen LogP contribution in [0.2, 0.25) is 0 Å². The Labute approximate surface area is 146 Å². The molecule has 1 aromatic carbocycles. The molecule has 6 heteroatoms. The molecule has 0 spiro atoms. The molecule has 0 N–H and O–H groups in total. The molecule has 0 aliphatic carbocycles. The van der Waals surface area contributed by atoms with Gasteiger partial charge in [0.25, 0.3) is 11.1 Å². The normalized spacial score (nSPS) is 21.3. The van der Waals surface area contributed by atoms with Crippen molar-refractivity contribution in [2.75, 3.05) is 33.0 Å². The second-order valence-electron chi connectivity index (χ2n) is 6.30. The molecule has 3 rings (SSSR count). The van der Waals surface area contributed by atoms with Crippen LogP contribution in [0.15, 0.2) is 29.2 Å². The maximum Gasteiger partial charge on any atom is 0.294 e. The van der Waals surface area contributed by atoms with Gasteiger partial charge in [-0.2, -0.15) is 0 Å². The number of morpholine rings is 1. The highest BCUT2D eigenvalue weighted by Gasteiger charge is 2.36. The average molecular weight is 346 g/mol. The van der Waals surface area contributed by atoms with Crippen molar-refractivity contribution in [3.8, 4) is 0 Å². The predicted octanol–water partition coefficient (Wildman–Crippen LogP) is 3.14. The van der Waals surface area contributed by atoms with Crippen LogP contribution < -0.4 is 0 Å². The number of hydrogen-bond acceptors (Lipinski definition) is 5. The van der Waals surface area contributed by atoms with Crippen LogP contribution in [0.5, 0.6) is 0 Å². The Balaban J connectivity index is 1.70. The Bertz CT molecular complexity index is 649. The maximum absolute atomic E-state index is 12.5. The largest absolute Gasteiger partial charge is 0.379 e. The zero-order valence-electron chi connectivity index (χ0n) is 14.0. The molecule has 128 valence electrons. The number of benzene rings is 1. The molecule has 0 atom stereocenters. The lowest BCUT2D eigenvalue weighted by atomic mass is 10.0. The summed E-state index contributed by atoms with van der Waals surface area (Å²) in [5, 5.41) is -0.198. The fourth-order valence-electron chi connectivity index (χ4n) is 2.69. The van der Waals surface area contributed by atoms with Gasteiger partial charge in [0.1, 0.15) is 0 Å². The SMILES string of the molecule is CC(C)c1ccc(/C=C2\SC(=O)N(CN3CCOCC3)C2=O)cc1. The van der Waals surface area contributed by atoms with Gasteiger partial charge in [0.05, 0.1) is 24.8 Å². The van der Waals surface area contributed by atoms with Crippen molar-refractivity contribution >= 4 is 29.0 Å². The minimum atomic E-state index is -0.204. The van der Waals surface area contributed by atoms with Gasteiger partial charge in [0, 0.05) is 13.1 Å². The summed E-state index contributed by atoms with van der Waals surface area (Å²) in [6.07, 6.45) is 1.80. The fourth-order valence-corrected chi connectivity index (χ4v) is 3.52. The molecule has 2 saturated heterocycles. The van der Waals surface area contributed by atoms with E-state index in [-0.39, 0.29) is 11.1 Å².